The highest BCUT2D eigenvalue weighted by Crippen LogP contribution is 2.26. The van der Waals surface area contributed by atoms with Crippen LogP contribution in [0.2, 0.25) is 0 Å². The summed E-state index contributed by atoms with van der Waals surface area (Å²) >= 11 is 1.43. The Balaban J connectivity index is 1.85. The number of hydrogen-bond donors (Lipinski definition) is 0. The van der Waals surface area contributed by atoms with E-state index in [1.807, 2.05) is 17.5 Å². The molecule has 0 spiro atoms. The molecule has 1 unspecified atom stereocenters. The van der Waals surface area contributed by atoms with Crippen LogP contribution in [0.1, 0.15) is 22.5 Å². The van der Waals surface area contributed by atoms with Gasteiger partial charge < -0.3 is 9.42 Å². The molecule has 1 amide bonds. The molecule has 0 radical (unpaired) electrons. The highest BCUT2D eigenvalue weighted by molar-refractivity contribution is 7.40. The molecular weight excluding hydrogens is 297 g/mol. The molecule has 1 aromatic rings. The second-order valence-electron chi connectivity index (χ2n) is 4.76. The van der Waals surface area contributed by atoms with Gasteiger partial charge in [0.15, 0.2) is 8.03 Å². The molecule has 7 heteroatoms. The summed E-state index contributed by atoms with van der Waals surface area (Å²) in [5.41, 5.74) is 0. The van der Waals surface area contributed by atoms with Crippen molar-refractivity contribution in [2.45, 2.75) is 12.8 Å². The number of hydrogen-bond acceptors (Lipinski definition) is 5. The number of likely N-dealkylation sites (tertiary alicyclic amines) is 1. The smallest absolute Gasteiger partial charge is 0.263 e. The van der Waals surface area contributed by atoms with Crippen LogP contribution in [-0.4, -0.2) is 43.0 Å². The fourth-order valence-corrected chi connectivity index (χ4v) is 3.73. The third kappa shape index (κ3) is 3.78. The zero-order valence-corrected chi connectivity index (χ0v) is 13.1. The first kappa shape index (κ1) is 15.4. The van der Waals surface area contributed by atoms with Gasteiger partial charge in [0.1, 0.15) is 5.78 Å². The van der Waals surface area contributed by atoms with Gasteiger partial charge in [0.2, 0.25) is 0 Å². The number of ketones is 1. The van der Waals surface area contributed by atoms with Crippen LogP contribution in [-0.2, 0) is 13.9 Å². The van der Waals surface area contributed by atoms with E-state index in [4.69, 9.17) is 0 Å². The molecule has 0 aromatic carbocycles. The first-order valence-corrected chi connectivity index (χ1v) is 8.94. The number of thiophene rings is 1. The van der Waals surface area contributed by atoms with Crippen LogP contribution in [0.5, 0.6) is 0 Å². The fraction of sp³-hybridized carbons (Fsp3) is 0.538. The third-order valence-corrected chi connectivity index (χ3v) is 5.47. The number of carbonyl (C=O) groups is 2. The molecule has 1 fully saturated rings. The van der Waals surface area contributed by atoms with Crippen molar-refractivity contribution in [3.63, 3.8) is 0 Å². The Hall–Kier alpha value is -0.970. The summed E-state index contributed by atoms with van der Waals surface area (Å²) in [4.78, 5) is 26.6. The van der Waals surface area contributed by atoms with Gasteiger partial charge in [-0.2, -0.15) is 0 Å². The molecule has 110 valence electrons. The summed E-state index contributed by atoms with van der Waals surface area (Å²) < 4.78 is 16.0. The molecule has 20 heavy (non-hydrogen) atoms. The number of piperidine rings is 1. The molecule has 1 saturated heterocycles. The first-order valence-electron chi connectivity index (χ1n) is 6.54. The zero-order valence-electron chi connectivity index (χ0n) is 11.3. The monoisotopic (exact) mass is 315 g/mol. The normalized spacial score (nSPS) is 17.9. The van der Waals surface area contributed by atoms with Crippen molar-refractivity contribution in [1.29, 1.82) is 0 Å². The van der Waals surface area contributed by atoms with E-state index in [9.17, 15) is 14.2 Å². The third-order valence-electron chi connectivity index (χ3n) is 3.52. The molecule has 0 saturated carbocycles. The van der Waals surface area contributed by atoms with Gasteiger partial charge in [-0.25, -0.2) is 0 Å². The second kappa shape index (κ2) is 7.16. The Bertz CT molecular complexity index is 494. The number of Topliss-reactive ketones (excluding diaryl/α,β-unsaturated/α-hetero) is 1. The number of carbonyl (C=O) groups excluding carboxylic acids is 2. The molecule has 0 aliphatic carbocycles. The maximum absolute atomic E-state index is 12.1. The lowest BCUT2D eigenvalue weighted by Gasteiger charge is -2.31. The molecule has 1 atom stereocenters. The summed E-state index contributed by atoms with van der Waals surface area (Å²) in [7, 11) is -0.861. The quantitative estimate of drug-likeness (QED) is 0.782. The van der Waals surface area contributed by atoms with E-state index in [1.165, 1.54) is 18.4 Å². The maximum atomic E-state index is 12.1. The lowest BCUT2D eigenvalue weighted by Crippen LogP contribution is -2.40. The van der Waals surface area contributed by atoms with Crippen LogP contribution >= 0.6 is 19.4 Å². The van der Waals surface area contributed by atoms with E-state index in [1.54, 1.807) is 4.90 Å². The molecule has 0 bridgehead atoms. The van der Waals surface area contributed by atoms with Crippen LogP contribution in [0.25, 0.3) is 0 Å². The van der Waals surface area contributed by atoms with Crippen molar-refractivity contribution in [1.82, 2.24) is 4.90 Å². The second-order valence-corrected chi connectivity index (χ2v) is 7.22. The fourth-order valence-electron chi connectivity index (χ4n) is 2.32. The van der Waals surface area contributed by atoms with E-state index in [2.05, 4.69) is 4.52 Å². The highest BCUT2D eigenvalue weighted by atomic mass is 32.1. The molecule has 0 N–H and O–H groups in total. The van der Waals surface area contributed by atoms with Gasteiger partial charge in [-0.3, -0.25) is 14.2 Å². The Morgan fingerprint density at radius 3 is 2.70 bits per heavy atom. The van der Waals surface area contributed by atoms with Gasteiger partial charge in [-0.05, 0) is 24.3 Å². The topological polar surface area (TPSA) is 63.7 Å². The highest BCUT2D eigenvalue weighted by Gasteiger charge is 2.28. The predicted molar refractivity (Wildman–Crippen MR) is 78.8 cm³/mol. The number of amides is 1. The number of nitrogens with zero attached hydrogens (tertiary/aromatic N) is 1. The predicted octanol–water partition coefficient (Wildman–Crippen LogP) is 2.29. The summed E-state index contributed by atoms with van der Waals surface area (Å²) in [6.45, 7) is 1.17. The SMILES string of the molecule is CO[PH](=O)CC(=O)C1CCN(C(=O)c2cccs2)CC1. The Labute approximate surface area is 122 Å². The van der Waals surface area contributed by atoms with E-state index in [0.29, 0.717) is 25.9 Å². The number of rotatable bonds is 5. The van der Waals surface area contributed by atoms with E-state index in [0.717, 1.165) is 4.88 Å². The summed E-state index contributed by atoms with van der Waals surface area (Å²) in [6.07, 6.45) is 1.31. The van der Waals surface area contributed by atoms with Gasteiger partial charge in [0.25, 0.3) is 5.91 Å². The van der Waals surface area contributed by atoms with Gasteiger partial charge in [0.05, 0.1) is 11.0 Å². The van der Waals surface area contributed by atoms with Crippen LogP contribution in [0, 0.1) is 5.92 Å². The summed E-state index contributed by atoms with van der Waals surface area (Å²) in [6, 6.07) is 3.67. The van der Waals surface area contributed by atoms with E-state index in [-0.39, 0.29) is 23.8 Å². The summed E-state index contributed by atoms with van der Waals surface area (Å²) in [5.74, 6) is -0.0539. The molecule has 5 nitrogen and oxygen atoms in total. The average molecular weight is 315 g/mol. The Morgan fingerprint density at radius 1 is 1.45 bits per heavy atom. The van der Waals surface area contributed by atoms with E-state index >= 15 is 0 Å². The van der Waals surface area contributed by atoms with Gasteiger partial charge in [-0.1, -0.05) is 6.07 Å². The lowest BCUT2D eigenvalue weighted by molar-refractivity contribution is -0.121. The van der Waals surface area contributed by atoms with Gasteiger partial charge >= 0.3 is 0 Å². The molecule has 1 aliphatic rings. The van der Waals surface area contributed by atoms with E-state index < -0.39 is 8.03 Å². The largest absolute Gasteiger partial charge is 0.338 e. The maximum Gasteiger partial charge on any atom is 0.263 e. The molecular formula is C13H18NO4PS. The summed E-state index contributed by atoms with van der Waals surface area (Å²) in [5, 5.41) is 1.88. The molecule has 1 aromatic heterocycles. The standard InChI is InChI=1S/C13H18NO4PS/c1-18-19(17)9-11(15)10-4-6-14(7-5-10)13(16)12-3-2-8-20-12/h2-3,8,10,19H,4-7,9H2,1H3. The van der Waals surface area contributed by atoms with Crippen molar-refractivity contribution in [3.05, 3.63) is 22.4 Å². The van der Waals surface area contributed by atoms with Gasteiger partial charge in [0, 0.05) is 26.1 Å². The minimum absolute atomic E-state index is 0.000962. The van der Waals surface area contributed by atoms with Gasteiger partial charge in [-0.15, -0.1) is 11.3 Å². The minimum atomic E-state index is -2.22. The van der Waals surface area contributed by atoms with Crippen molar-refractivity contribution < 1.29 is 18.7 Å². The molecule has 1 aliphatic heterocycles. The van der Waals surface area contributed by atoms with Crippen molar-refractivity contribution in [2.24, 2.45) is 5.92 Å². The molecule has 2 heterocycles. The van der Waals surface area contributed by atoms with Crippen molar-refractivity contribution >= 4 is 31.1 Å². The Kier molecular flexibility index (Phi) is 5.52. The van der Waals surface area contributed by atoms with Crippen LogP contribution in [0.4, 0.5) is 0 Å². The van der Waals surface area contributed by atoms with Crippen molar-refractivity contribution in [2.75, 3.05) is 26.4 Å². The average Bonchev–Trinajstić information content (AvgIpc) is 3.00. The van der Waals surface area contributed by atoms with Crippen LogP contribution in [0.15, 0.2) is 17.5 Å². The minimum Gasteiger partial charge on any atom is -0.338 e. The zero-order chi connectivity index (χ0) is 14.5. The Morgan fingerprint density at radius 2 is 2.15 bits per heavy atom. The lowest BCUT2D eigenvalue weighted by atomic mass is 9.93. The first-order chi connectivity index (χ1) is 9.61. The van der Waals surface area contributed by atoms with Crippen molar-refractivity contribution in [3.8, 4) is 0 Å². The van der Waals surface area contributed by atoms with Crippen LogP contribution in [0.3, 0.4) is 0 Å². The van der Waals surface area contributed by atoms with Crippen LogP contribution < -0.4 is 0 Å². The molecule has 2 rings (SSSR count).